The quantitative estimate of drug-likeness (QED) is 0.367. The first-order valence-corrected chi connectivity index (χ1v) is 13.6. The predicted molar refractivity (Wildman–Crippen MR) is 146 cm³/mol. The summed E-state index contributed by atoms with van der Waals surface area (Å²) in [6.45, 7) is 8.18. The van der Waals surface area contributed by atoms with Crippen LogP contribution in [0.2, 0.25) is 0 Å². The highest BCUT2D eigenvalue weighted by atomic mass is 32.2. The number of likely N-dealkylation sites (tertiary alicyclic amines) is 1. The molecule has 8 nitrogen and oxygen atoms in total. The highest BCUT2D eigenvalue weighted by Gasteiger charge is 2.35. The molecule has 39 heavy (non-hydrogen) atoms. The Balaban J connectivity index is 1.19. The van der Waals surface area contributed by atoms with Gasteiger partial charge in [-0.2, -0.15) is 13.2 Å². The van der Waals surface area contributed by atoms with E-state index in [2.05, 4.69) is 57.0 Å². The third kappa shape index (κ3) is 6.62. The second-order valence-electron chi connectivity index (χ2n) is 10.2. The number of anilines is 3. The molecule has 0 saturated carbocycles. The van der Waals surface area contributed by atoms with E-state index in [1.165, 1.54) is 29.5 Å². The lowest BCUT2D eigenvalue weighted by Crippen LogP contribution is -2.50. The van der Waals surface area contributed by atoms with Gasteiger partial charge >= 0.3 is 5.51 Å². The van der Waals surface area contributed by atoms with Gasteiger partial charge in [-0.1, -0.05) is 6.07 Å². The Kier molecular flexibility index (Phi) is 7.68. The van der Waals surface area contributed by atoms with Gasteiger partial charge in [-0.05, 0) is 69.0 Å². The van der Waals surface area contributed by atoms with Gasteiger partial charge in [0.1, 0.15) is 5.82 Å². The third-order valence-corrected chi connectivity index (χ3v) is 7.60. The zero-order valence-corrected chi connectivity index (χ0v) is 22.7. The van der Waals surface area contributed by atoms with Crippen molar-refractivity contribution in [1.29, 1.82) is 0 Å². The van der Waals surface area contributed by atoms with Crippen molar-refractivity contribution in [3.05, 3.63) is 70.7 Å². The Labute approximate surface area is 229 Å². The second-order valence-corrected chi connectivity index (χ2v) is 11.0. The minimum atomic E-state index is -4.45. The van der Waals surface area contributed by atoms with Crippen LogP contribution in [0.25, 0.3) is 0 Å². The summed E-state index contributed by atoms with van der Waals surface area (Å²) in [6.07, 6.45) is 4.82. The lowest BCUT2D eigenvalue weighted by Gasteiger charge is -2.41. The summed E-state index contributed by atoms with van der Waals surface area (Å²) in [4.78, 5) is 30.6. The first kappa shape index (κ1) is 27.2. The molecule has 2 aliphatic rings. The molecule has 12 heteroatoms. The summed E-state index contributed by atoms with van der Waals surface area (Å²) in [5, 5.41) is 3.32. The monoisotopic (exact) mass is 557 g/mol. The first-order valence-electron chi connectivity index (χ1n) is 12.8. The zero-order valence-electron chi connectivity index (χ0n) is 21.9. The smallest absolute Gasteiger partial charge is 0.336 e. The number of nitrogens with one attached hydrogen (secondary N) is 2. The number of aromatic nitrogens is 3. The minimum Gasteiger partial charge on any atom is -0.336 e. The molecule has 0 aliphatic carbocycles. The fourth-order valence-electron chi connectivity index (χ4n) is 5.35. The average molecular weight is 558 g/mol. The fourth-order valence-corrected chi connectivity index (χ4v) is 5.68. The number of piperidine rings is 1. The normalized spacial score (nSPS) is 19.6. The molecule has 2 aliphatic heterocycles. The molecule has 3 aromatic rings. The third-order valence-electron chi connectivity index (χ3n) is 7.06. The van der Waals surface area contributed by atoms with Crippen LogP contribution in [0.15, 0.2) is 42.7 Å². The summed E-state index contributed by atoms with van der Waals surface area (Å²) in [5.74, 6) is 0.364. The number of nitrogens with zero attached hydrogens (tertiary/aromatic N) is 5. The van der Waals surface area contributed by atoms with Crippen LogP contribution in [-0.4, -0.2) is 54.8 Å². The van der Waals surface area contributed by atoms with Gasteiger partial charge in [0.2, 0.25) is 5.95 Å². The van der Waals surface area contributed by atoms with Crippen LogP contribution >= 0.6 is 11.9 Å². The molecule has 0 radical (unpaired) electrons. The van der Waals surface area contributed by atoms with Gasteiger partial charge in [-0.15, -0.1) is 0 Å². The first-order chi connectivity index (χ1) is 18.5. The Bertz CT molecular complexity index is 1350. The lowest BCUT2D eigenvalue weighted by atomic mass is 9.96. The number of hydrogen-bond donors (Lipinski definition) is 2. The van der Waals surface area contributed by atoms with E-state index in [1.807, 2.05) is 13.1 Å². The molecule has 2 aromatic heterocycles. The van der Waals surface area contributed by atoms with Crippen molar-refractivity contribution in [2.45, 2.75) is 64.3 Å². The van der Waals surface area contributed by atoms with Crippen molar-refractivity contribution in [3.8, 4) is 0 Å². The van der Waals surface area contributed by atoms with Gasteiger partial charge < -0.3 is 14.9 Å². The Hall–Kier alpha value is -3.38. The van der Waals surface area contributed by atoms with E-state index in [1.54, 1.807) is 4.90 Å². The highest BCUT2D eigenvalue weighted by Crippen LogP contribution is 2.32. The van der Waals surface area contributed by atoms with Crippen molar-refractivity contribution >= 4 is 35.3 Å². The van der Waals surface area contributed by atoms with E-state index in [4.69, 9.17) is 4.98 Å². The minimum absolute atomic E-state index is 0.00644. The van der Waals surface area contributed by atoms with Gasteiger partial charge in [0.25, 0.3) is 5.91 Å². The fraction of sp³-hybridized carbons (Fsp3) is 0.407. The highest BCUT2D eigenvalue weighted by molar-refractivity contribution is 8.01. The summed E-state index contributed by atoms with van der Waals surface area (Å²) >= 11 is -0.402. The van der Waals surface area contributed by atoms with Gasteiger partial charge in [0, 0.05) is 60.9 Å². The lowest BCUT2D eigenvalue weighted by molar-refractivity contribution is -0.0324. The number of benzene rings is 1. The van der Waals surface area contributed by atoms with E-state index < -0.39 is 17.5 Å². The predicted octanol–water partition coefficient (Wildman–Crippen LogP) is 5.82. The van der Waals surface area contributed by atoms with Gasteiger partial charge in [-0.3, -0.25) is 9.69 Å². The maximum absolute atomic E-state index is 13.2. The molecule has 1 aromatic carbocycles. The van der Waals surface area contributed by atoms with E-state index >= 15 is 0 Å². The number of alkyl halides is 3. The summed E-state index contributed by atoms with van der Waals surface area (Å²) in [7, 11) is 0. The van der Waals surface area contributed by atoms with Crippen molar-refractivity contribution in [1.82, 2.24) is 24.8 Å². The molecule has 0 unspecified atom stereocenters. The van der Waals surface area contributed by atoms with Crippen molar-refractivity contribution in [3.63, 3.8) is 0 Å². The van der Waals surface area contributed by atoms with Crippen LogP contribution in [0.3, 0.4) is 0 Å². The zero-order chi connectivity index (χ0) is 27.7. The second kappa shape index (κ2) is 11.0. The molecule has 206 valence electrons. The number of carbonyl (C=O) groups excluding carboxylic acids is 1. The molecular formula is C27H30F3N7OS. The molecule has 1 saturated heterocycles. The van der Waals surface area contributed by atoms with E-state index in [-0.39, 0.29) is 23.8 Å². The SMILES string of the molecule is Cc1cc(C)cc(Nc2ncc3c(n2)CN([C@@H]2CCN(C(=O)c4ccnc(NSC(F)(F)F)c4)[C@H](C)C2)C3)c1. The molecule has 0 spiro atoms. The standard InChI is InChI=1S/C27H30F3N7OS/c1-16-8-17(2)10-21(9-16)33-26-32-13-20-14-36(15-23(20)34-26)22-5-7-37(18(3)11-22)25(38)19-4-6-31-24(12-19)35-39-27(28,29)30/h4,6,8-10,12-13,18,22H,5,7,11,14-15H2,1-3H3,(H,31,35)(H,32,33,34)/t18-,22-/m1/s1. The number of carbonyl (C=O) groups is 1. The molecule has 2 N–H and O–H groups in total. The molecule has 0 bridgehead atoms. The number of pyridine rings is 1. The maximum atomic E-state index is 13.2. The number of rotatable bonds is 6. The van der Waals surface area contributed by atoms with Gasteiger partial charge in [-0.25, -0.2) is 15.0 Å². The molecule has 4 heterocycles. The summed E-state index contributed by atoms with van der Waals surface area (Å²) in [6, 6.07) is 9.40. The van der Waals surface area contributed by atoms with E-state index in [9.17, 15) is 18.0 Å². The molecule has 2 atom stereocenters. The van der Waals surface area contributed by atoms with Crippen LogP contribution in [0.4, 0.5) is 30.6 Å². The number of hydrogen-bond acceptors (Lipinski definition) is 8. The van der Waals surface area contributed by atoms with Crippen LogP contribution in [0, 0.1) is 13.8 Å². The van der Waals surface area contributed by atoms with E-state index in [0.29, 0.717) is 18.1 Å². The van der Waals surface area contributed by atoms with E-state index in [0.717, 1.165) is 42.9 Å². The Morgan fingerprint density at radius 1 is 1.10 bits per heavy atom. The number of aryl methyl sites for hydroxylation is 2. The molecular weight excluding hydrogens is 527 g/mol. The van der Waals surface area contributed by atoms with Crippen molar-refractivity contribution in [2.75, 3.05) is 16.6 Å². The van der Waals surface area contributed by atoms with Crippen LogP contribution in [0.5, 0.6) is 0 Å². The van der Waals surface area contributed by atoms with Crippen LogP contribution in [0.1, 0.15) is 52.5 Å². The molecule has 1 amide bonds. The van der Waals surface area contributed by atoms with Gasteiger partial charge in [0.15, 0.2) is 0 Å². The Morgan fingerprint density at radius 3 is 2.59 bits per heavy atom. The Morgan fingerprint density at radius 2 is 1.87 bits per heavy atom. The van der Waals surface area contributed by atoms with Crippen LogP contribution < -0.4 is 10.0 Å². The van der Waals surface area contributed by atoms with Crippen LogP contribution in [-0.2, 0) is 13.1 Å². The molecule has 1 fully saturated rings. The van der Waals surface area contributed by atoms with Gasteiger partial charge in [0.05, 0.1) is 17.6 Å². The summed E-state index contributed by atoms with van der Waals surface area (Å²) in [5.41, 5.74) is 1.29. The van der Waals surface area contributed by atoms with Crippen molar-refractivity contribution < 1.29 is 18.0 Å². The number of amides is 1. The largest absolute Gasteiger partial charge is 0.461 e. The number of halogens is 3. The summed E-state index contributed by atoms with van der Waals surface area (Å²) < 4.78 is 39.7. The average Bonchev–Trinajstić information content (AvgIpc) is 3.30. The van der Waals surface area contributed by atoms with Crippen molar-refractivity contribution in [2.24, 2.45) is 0 Å². The topological polar surface area (TPSA) is 86.3 Å². The molecule has 5 rings (SSSR count). The maximum Gasteiger partial charge on any atom is 0.461 e. The number of fused-ring (bicyclic) bond motifs is 1.